The van der Waals surface area contributed by atoms with Gasteiger partial charge >= 0.3 is 0 Å². The first-order valence-corrected chi connectivity index (χ1v) is 6.02. The van der Waals surface area contributed by atoms with Crippen molar-refractivity contribution in [3.8, 4) is 5.75 Å². The lowest BCUT2D eigenvalue weighted by atomic mass is 10.3. The Labute approximate surface area is 113 Å². The largest absolute Gasteiger partial charge is 0.486 e. The Hall–Kier alpha value is -1.41. The van der Waals surface area contributed by atoms with Crippen LogP contribution in [-0.4, -0.2) is 9.97 Å². The van der Waals surface area contributed by atoms with Gasteiger partial charge < -0.3 is 10.2 Å². The standard InChI is InChI=1S/C11H11IN4O/c12-9-3-1-2-4-10(9)17-7-8-5-15-11(16-13)6-14-8/h1-6H,7,13H2,(H,15,16). The molecule has 0 unspecified atom stereocenters. The zero-order chi connectivity index (χ0) is 12.1. The van der Waals surface area contributed by atoms with E-state index in [0.29, 0.717) is 12.4 Å². The van der Waals surface area contributed by atoms with Crippen molar-refractivity contribution in [1.29, 1.82) is 0 Å². The number of rotatable bonds is 4. The molecule has 0 aliphatic heterocycles. The number of hydrazine groups is 1. The van der Waals surface area contributed by atoms with Crippen LogP contribution >= 0.6 is 22.6 Å². The van der Waals surface area contributed by atoms with Crippen LogP contribution in [0.3, 0.4) is 0 Å². The summed E-state index contributed by atoms with van der Waals surface area (Å²) < 4.78 is 6.70. The van der Waals surface area contributed by atoms with E-state index in [-0.39, 0.29) is 0 Å². The minimum Gasteiger partial charge on any atom is -0.486 e. The number of ether oxygens (including phenoxy) is 1. The van der Waals surface area contributed by atoms with Crippen LogP contribution in [0.4, 0.5) is 5.82 Å². The molecular weight excluding hydrogens is 331 g/mol. The highest BCUT2D eigenvalue weighted by Gasteiger charge is 2.01. The molecule has 0 fully saturated rings. The van der Waals surface area contributed by atoms with Crippen LogP contribution < -0.4 is 16.0 Å². The fourth-order valence-electron chi connectivity index (χ4n) is 1.22. The first kappa shape index (κ1) is 12.1. The quantitative estimate of drug-likeness (QED) is 0.505. The molecule has 0 saturated heterocycles. The Morgan fingerprint density at radius 1 is 1.24 bits per heavy atom. The van der Waals surface area contributed by atoms with Crippen LogP contribution in [0.2, 0.25) is 0 Å². The maximum atomic E-state index is 5.63. The van der Waals surface area contributed by atoms with E-state index in [9.17, 15) is 0 Å². The molecule has 0 atom stereocenters. The zero-order valence-corrected chi connectivity index (χ0v) is 11.1. The number of benzene rings is 1. The van der Waals surface area contributed by atoms with Gasteiger partial charge in [-0.25, -0.2) is 10.8 Å². The molecule has 17 heavy (non-hydrogen) atoms. The molecule has 0 aliphatic rings. The van der Waals surface area contributed by atoms with Crippen molar-refractivity contribution in [2.75, 3.05) is 5.43 Å². The maximum absolute atomic E-state index is 5.63. The Morgan fingerprint density at radius 3 is 2.71 bits per heavy atom. The highest BCUT2D eigenvalue weighted by atomic mass is 127. The topological polar surface area (TPSA) is 73.1 Å². The number of nitrogen functional groups attached to an aromatic ring is 1. The van der Waals surface area contributed by atoms with Gasteiger partial charge in [0.2, 0.25) is 0 Å². The van der Waals surface area contributed by atoms with Gasteiger partial charge in [0.25, 0.3) is 0 Å². The average molecular weight is 342 g/mol. The Kier molecular flexibility index (Phi) is 4.10. The van der Waals surface area contributed by atoms with Gasteiger partial charge in [-0.05, 0) is 34.7 Å². The summed E-state index contributed by atoms with van der Waals surface area (Å²) in [5.41, 5.74) is 3.17. The fourth-order valence-corrected chi connectivity index (χ4v) is 1.76. The molecule has 1 aromatic carbocycles. The van der Waals surface area contributed by atoms with E-state index in [1.165, 1.54) is 0 Å². The lowest BCUT2D eigenvalue weighted by Crippen LogP contribution is -2.09. The summed E-state index contributed by atoms with van der Waals surface area (Å²) in [6.07, 6.45) is 3.19. The highest BCUT2D eigenvalue weighted by Crippen LogP contribution is 2.20. The lowest BCUT2D eigenvalue weighted by Gasteiger charge is -2.07. The van der Waals surface area contributed by atoms with E-state index in [4.69, 9.17) is 10.6 Å². The van der Waals surface area contributed by atoms with Gasteiger partial charge in [-0.2, -0.15) is 0 Å². The van der Waals surface area contributed by atoms with E-state index >= 15 is 0 Å². The molecule has 3 N–H and O–H groups in total. The van der Waals surface area contributed by atoms with Gasteiger partial charge in [0.05, 0.1) is 21.7 Å². The number of aromatic nitrogens is 2. The Morgan fingerprint density at radius 2 is 2.06 bits per heavy atom. The number of hydrogen-bond donors (Lipinski definition) is 2. The molecule has 2 aromatic rings. The summed E-state index contributed by atoms with van der Waals surface area (Å²) in [7, 11) is 0. The summed E-state index contributed by atoms with van der Waals surface area (Å²) >= 11 is 2.23. The molecular formula is C11H11IN4O. The highest BCUT2D eigenvalue weighted by molar-refractivity contribution is 14.1. The summed E-state index contributed by atoms with van der Waals surface area (Å²) in [6, 6.07) is 7.81. The minimum atomic E-state index is 0.387. The van der Waals surface area contributed by atoms with Gasteiger partial charge in [0, 0.05) is 0 Å². The second-order valence-corrected chi connectivity index (χ2v) is 4.42. The molecule has 88 valence electrons. The molecule has 6 heteroatoms. The molecule has 5 nitrogen and oxygen atoms in total. The molecule has 0 spiro atoms. The van der Waals surface area contributed by atoms with Gasteiger partial charge in [-0.3, -0.25) is 4.98 Å². The summed E-state index contributed by atoms with van der Waals surface area (Å²) in [6.45, 7) is 0.387. The van der Waals surface area contributed by atoms with Crippen molar-refractivity contribution in [1.82, 2.24) is 9.97 Å². The Bertz CT molecular complexity index is 489. The van der Waals surface area contributed by atoms with Crippen LogP contribution in [0.25, 0.3) is 0 Å². The minimum absolute atomic E-state index is 0.387. The van der Waals surface area contributed by atoms with Crippen molar-refractivity contribution in [3.05, 3.63) is 45.9 Å². The second kappa shape index (κ2) is 5.78. The van der Waals surface area contributed by atoms with Gasteiger partial charge in [-0.15, -0.1) is 0 Å². The molecule has 0 radical (unpaired) electrons. The molecule has 2 rings (SSSR count). The Balaban J connectivity index is 2.00. The molecule has 0 saturated carbocycles. The number of nitrogens with two attached hydrogens (primary N) is 1. The van der Waals surface area contributed by atoms with Crippen LogP contribution in [-0.2, 0) is 6.61 Å². The van der Waals surface area contributed by atoms with Gasteiger partial charge in [-0.1, -0.05) is 12.1 Å². The van der Waals surface area contributed by atoms with Crippen molar-refractivity contribution in [2.45, 2.75) is 6.61 Å². The summed E-state index contributed by atoms with van der Waals surface area (Å²) in [5, 5.41) is 0. The third-order valence-electron chi connectivity index (χ3n) is 2.07. The second-order valence-electron chi connectivity index (χ2n) is 3.26. The molecule has 1 aromatic heterocycles. The number of para-hydroxylation sites is 1. The first-order valence-electron chi connectivity index (χ1n) is 4.94. The first-order chi connectivity index (χ1) is 8.29. The van der Waals surface area contributed by atoms with Crippen LogP contribution in [0.1, 0.15) is 5.69 Å². The van der Waals surface area contributed by atoms with Crippen LogP contribution in [0, 0.1) is 3.57 Å². The lowest BCUT2D eigenvalue weighted by molar-refractivity contribution is 0.298. The van der Waals surface area contributed by atoms with Crippen molar-refractivity contribution in [2.24, 2.45) is 5.84 Å². The predicted octanol–water partition coefficient (Wildman–Crippen LogP) is 1.95. The molecule has 0 bridgehead atoms. The number of nitrogens with one attached hydrogen (secondary N) is 1. The zero-order valence-electron chi connectivity index (χ0n) is 8.93. The third-order valence-corrected chi connectivity index (χ3v) is 2.96. The summed E-state index contributed by atoms with van der Waals surface area (Å²) in [5.74, 6) is 6.57. The number of anilines is 1. The maximum Gasteiger partial charge on any atom is 0.158 e. The predicted molar refractivity (Wildman–Crippen MR) is 73.3 cm³/mol. The van der Waals surface area contributed by atoms with E-state index in [0.717, 1.165) is 15.0 Å². The van der Waals surface area contributed by atoms with Crippen molar-refractivity contribution < 1.29 is 4.74 Å². The molecule has 0 amide bonds. The molecule has 0 aliphatic carbocycles. The van der Waals surface area contributed by atoms with Crippen LogP contribution in [0.5, 0.6) is 5.75 Å². The van der Waals surface area contributed by atoms with Crippen molar-refractivity contribution >= 4 is 28.4 Å². The normalized spacial score (nSPS) is 10.0. The van der Waals surface area contributed by atoms with Gasteiger partial charge in [0.1, 0.15) is 12.4 Å². The average Bonchev–Trinajstić information content (AvgIpc) is 2.38. The van der Waals surface area contributed by atoms with E-state index in [1.54, 1.807) is 12.4 Å². The van der Waals surface area contributed by atoms with Gasteiger partial charge in [0.15, 0.2) is 5.82 Å². The van der Waals surface area contributed by atoms with E-state index in [1.807, 2.05) is 24.3 Å². The number of halogens is 1. The number of hydrogen-bond acceptors (Lipinski definition) is 5. The van der Waals surface area contributed by atoms with E-state index < -0.39 is 0 Å². The SMILES string of the molecule is NNc1cnc(COc2ccccc2I)cn1. The third kappa shape index (κ3) is 3.27. The van der Waals surface area contributed by atoms with Crippen molar-refractivity contribution in [3.63, 3.8) is 0 Å². The monoisotopic (exact) mass is 342 g/mol. The van der Waals surface area contributed by atoms with Crippen LogP contribution in [0.15, 0.2) is 36.7 Å². The molecule has 1 heterocycles. The smallest absolute Gasteiger partial charge is 0.158 e. The fraction of sp³-hybridized carbons (Fsp3) is 0.0909. The summed E-state index contributed by atoms with van der Waals surface area (Å²) in [4.78, 5) is 8.21. The van der Waals surface area contributed by atoms with E-state index in [2.05, 4.69) is 38.0 Å². The number of nitrogens with zero attached hydrogens (tertiary/aromatic N) is 2.